The van der Waals surface area contributed by atoms with Gasteiger partial charge in [-0.05, 0) is 32.4 Å². The highest BCUT2D eigenvalue weighted by atomic mass is 16.6. The second-order valence-corrected chi connectivity index (χ2v) is 5.40. The molecule has 1 unspecified atom stereocenters. The van der Waals surface area contributed by atoms with E-state index in [4.69, 9.17) is 0 Å². The molecule has 8 nitrogen and oxygen atoms in total. The molecule has 1 atom stereocenters. The minimum absolute atomic E-state index is 0.0719. The van der Waals surface area contributed by atoms with Crippen LogP contribution in [0.3, 0.4) is 0 Å². The largest absolute Gasteiger partial charge is 0.364 e. The quantitative estimate of drug-likeness (QED) is 0.582. The lowest BCUT2D eigenvalue weighted by Gasteiger charge is -2.13. The van der Waals surface area contributed by atoms with Crippen LogP contribution in [-0.2, 0) is 0 Å². The monoisotopic (exact) mass is 294 g/mol. The minimum atomic E-state index is -0.429. The molecule has 0 radical (unpaired) electrons. The van der Waals surface area contributed by atoms with Gasteiger partial charge in [-0.2, -0.15) is 0 Å². The predicted octanol–water partition coefficient (Wildman–Crippen LogP) is 1.57. The van der Waals surface area contributed by atoms with Crippen molar-refractivity contribution in [2.75, 3.05) is 43.9 Å². The zero-order valence-corrected chi connectivity index (χ0v) is 12.5. The van der Waals surface area contributed by atoms with E-state index in [9.17, 15) is 10.1 Å². The first-order valence-corrected chi connectivity index (χ1v) is 7.27. The van der Waals surface area contributed by atoms with Crippen LogP contribution in [0.2, 0.25) is 0 Å². The SMILES string of the molecule is CCCNc1ncnc(NCC2CCN(C)C2)c1[N+](=O)[O-]. The molecule has 0 spiro atoms. The molecule has 1 aliphatic heterocycles. The number of nitro groups is 1. The fourth-order valence-corrected chi connectivity index (χ4v) is 2.49. The first kappa shape index (κ1) is 15.4. The van der Waals surface area contributed by atoms with Crippen molar-refractivity contribution >= 4 is 17.3 Å². The summed E-state index contributed by atoms with van der Waals surface area (Å²) in [6.45, 7) is 5.41. The Hall–Kier alpha value is -1.96. The van der Waals surface area contributed by atoms with Gasteiger partial charge in [0.25, 0.3) is 0 Å². The maximum absolute atomic E-state index is 11.3. The number of hydrogen-bond acceptors (Lipinski definition) is 7. The maximum atomic E-state index is 11.3. The number of rotatable bonds is 7. The fourth-order valence-electron chi connectivity index (χ4n) is 2.49. The van der Waals surface area contributed by atoms with E-state index >= 15 is 0 Å². The summed E-state index contributed by atoms with van der Waals surface area (Å²) < 4.78 is 0. The molecular weight excluding hydrogens is 272 g/mol. The Labute approximate surface area is 124 Å². The highest BCUT2D eigenvalue weighted by Gasteiger charge is 2.24. The Morgan fingerprint density at radius 1 is 1.43 bits per heavy atom. The van der Waals surface area contributed by atoms with E-state index in [1.165, 1.54) is 6.33 Å². The Balaban J connectivity index is 2.08. The van der Waals surface area contributed by atoms with Gasteiger partial charge < -0.3 is 15.5 Å². The zero-order valence-electron chi connectivity index (χ0n) is 12.5. The van der Waals surface area contributed by atoms with E-state index < -0.39 is 4.92 Å². The summed E-state index contributed by atoms with van der Waals surface area (Å²) >= 11 is 0. The highest BCUT2D eigenvalue weighted by molar-refractivity contribution is 5.69. The van der Waals surface area contributed by atoms with Crippen molar-refractivity contribution in [2.24, 2.45) is 5.92 Å². The summed E-state index contributed by atoms with van der Waals surface area (Å²) in [6.07, 6.45) is 3.33. The smallest absolute Gasteiger partial charge is 0.353 e. The molecule has 21 heavy (non-hydrogen) atoms. The van der Waals surface area contributed by atoms with Crippen LogP contribution in [0.1, 0.15) is 19.8 Å². The Kier molecular flexibility index (Phi) is 5.26. The first-order valence-electron chi connectivity index (χ1n) is 7.27. The van der Waals surface area contributed by atoms with Gasteiger partial charge in [0.2, 0.25) is 11.6 Å². The van der Waals surface area contributed by atoms with Gasteiger partial charge in [0.05, 0.1) is 4.92 Å². The fraction of sp³-hybridized carbons (Fsp3) is 0.692. The van der Waals surface area contributed by atoms with Crippen LogP contribution in [0.25, 0.3) is 0 Å². The molecule has 2 heterocycles. The zero-order chi connectivity index (χ0) is 15.2. The summed E-state index contributed by atoms with van der Waals surface area (Å²) in [4.78, 5) is 21.1. The van der Waals surface area contributed by atoms with Crippen molar-refractivity contribution in [1.29, 1.82) is 0 Å². The number of likely N-dealkylation sites (tertiary alicyclic amines) is 1. The summed E-state index contributed by atoms with van der Waals surface area (Å²) in [5.41, 5.74) is -0.0719. The number of nitrogens with zero attached hydrogens (tertiary/aromatic N) is 4. The average Bonchev–Trinajstić information content (AvgIpc) is 2.88. The van der Waals surface area contributed by atoms with Crippen LogP contribution < -0.4 is 10.6 Å². The van der Waals surface area contributed by atoms with Gasteiger partial charge in [-0.25, -0.2) is 9.97 Å². The molecule has 0 aliphatic carbocycles. The topological polar surface area (TPSA) is 96.2 Å². The summed E-state index contributed by atoms with van der Waals surface area (Å²) in [5.74, 6) is 1.07. The number of aromatic nitrogens is 2. The van der Waals surface area contributed by atoms with E-state index in [1.54, 1.807) is 0 Å². The standard InChI is InChI=1S/C13H22N6O2/c1-3-5-14-12-11(19(20)21)13(17-9-16-12)15-7-10-4-6-18(2)8-10/h9-10H,3-8H2,1-2H3,(H2,14,15,16,17). The normalized spacial score (nSPS) is 18.7. The molecule has 2 N–H and O–H groups in total. The molecule has 0 saturated carbocycles. The van der Waals surface area contributed by atoms with E-state index in [-0.39, 0.29) is 11.5 Å². The highest BCUT2D eigenvalue weighted by Crippen LogP contribution is 2.29. The van der Waals surface area contributed by atoms with Crippen molar-refractivity contribution in [1.82, 2.24) is 14.9 Å². The van der Waals surface area contributed by atoms with Crippen LogP contribution in [-0.4, -0.2) is 53.0 Å². The second-order valence-electron chi connectivity index (χ2n) is 5.40. The number of hydrogen-bond donors (Lipinski definition) is 2. The van der Waals surface area contributed by atoms with E-state index in [0.29, 0.717) is 24.8 Å². The lowest BCUT2D eigenvalue weighted by atomic mass is 10.1. The minimum Gasteiger partial charge on any atom is -0.364 e. The first-order chi connectivity index (χ1) is 10.1. The van der Waals surface area contributed by atoms with Gasteiger partial charge >= 0.3 is 5.69 Å². The van der Waals surface area contributed by atoms with Gasteiger partial charge in [0.1, 0.15) is 6.33 Å². The molecule has 116 valence electrons. The Morgan fingerprint density at radius 3 is 2.71 bits per heavy atom. The molecule has 0 bridgehead atoms. The van der Waals surface area contributed by atoms with Crippen molar-refractivity contribution in [3.63, 3.8) is 0 Å². The molecule has 1 saturated heterocycles. The van der Waals surface area contributed by atoms with Crippen LogP contribution in [0.4, 0.5) is 17.3 Å². The lowest BCUT2D eigenvalue weighted by molar-refractivity contribution is -0.383. The third kappa shape index (κ3) is 4.01. The van der Waals surface area contributed by atoms with Crippen LogP contribution in [0.5, 0.6) is 0 Å². The summed E-state index contributed by atoms with van der Waals surface area (Å²) in [5, 5.41) is 17.4. The van der Waals surface area contributed by atoms with Crippen molar-refractivity contribution < 1.29 is 4.92 Å². The molecule has 0 aromatic carbocycles. The molecule has 1 aromatic heterocycles. The summed E-state index contributed by atoms with van der Waals surface area (Å²) in [7, 11) is 2.08. The average molecular weight is 294 g/mol. The van der Waals surface area contributed by atoms with Gasteiger partial charge in [-0.3, -0.25) is 10.1 Å². The van der Waals surface area contributed by atoms with Crippen molar-refractivity contribution in [3.05, 3.63) is 16.4 Å². The number of anilines is 2. The molecule has 2 rings (SSSR count). The Morgan fingerprint density at radius 2 is 2.14 bits per heavy atom. The van der Waals surface area contributed by atoms with Gasteiger partial charge in [0.15, 0.2) is 0 Å². The third-order valence-electron chi connectivity index (χ3n) is 3.59. The lowest BCUT2D eigenvalue weighted by Crippen LogP contribution is -2.20. The van der Waals surface area contributed by atoms with Crippen molar-refractivity contribution in [2.45, 2.75) is 19.8 Å². The third-order valence-corrected chi connectivity index (χ3v) is 3.59. The molecular formula is C13H22N6O2. The van der Waals surface area contributed by atoms with Crippen LogP contribution >= 0.6 is 0 Å². The molecule has 8 heteroatoms. The number of nitrogens with one attached hydrogen (secondary N) is 2. The van der Waals surface area contributed by atoms with E-state index in [1.807, 2.05) is 6.92 Å². The Bertz CT molecular complexity index is 496. The maximum Gasteiger partial charge on any atom is 0.353 e. The van der Waals surface area contributed by atoms with E-state index in [2.05, 4.69) is 32.5 Å². The molecule has 0 amide bonds. The van der Waals surface area contributed by atoms with Gasteiger partial charge in [0, 0.05) is 19.6 Å². The van der Waals surface area contributed by atoms with Crippen molar-refractivity contribution in [3.8, 4) is 0 Å². The second kappa shape index (κ2) is 7.16. The predicted molar refractivity (Wildman–Crippen MR) is 81.6 cm³/mol. The van der Waals surface area contributed by atoms with Crippen LogP contribution in [0.15, 0.2) is 6.33 Å². The van der Waals surface area contributed by atoms with Crippen LogP contribution in [0, 0.1) is 16.0 Å². The molecule has 1 aliphatic rings. The molecule has 1 fully saturated rings. The van der Waals surface area contributed by atoms with Gasteiger partial charge in [-0.15, -0.1) is 0 Å². The summed E-state index contributed by atoms with van der Waals surface area (Å²) in [6, 6.07) is 0. The molecule has 1 aromatic rings. The van der Waals surface area contributed by atoms with Gasteiger partial charge in [-0.1, -0.05) is 6.92 Å². The van der Waals surface area contributed by atoms with E-state index in [0.717, 1.165) is 25.9 Å².